The van der Waals surface area contributed by atoms with Gasteiger partial charge in [0.05, 0.1) is 0 Å². The van der Waals surface area contributed by atoms with Crippen molar-refractivity contribution in [1.82, 2.24) is 0 Å². The van der Waals surface area contributed by atoms with Crippen LogP contribution in [0.4, 0.5) is 4.39 Å². The van der Waals surface area contributed by atoms with E-state index in [1.165, 1.54) is 6.07 Å². The van der Waals surface area contributed by atoms with Crippen molar-refractivity contribution in [2.24, 2.45) is 5.41 Å². The third-order valence-electron chi connectivity index (χ3n) is 2.36. The first kappa shape index (κ1) is 12.9. The smallest absolute Gasteiger partial charge is 0.133 e. The zero-order valence-corrected chi connectivity index (χ0v) is 10.2. The summed E-state index contributed by atoms with van der Waals surface area (Å²) in [5.41, 5.74) is 0.650. The van der Waals surface area contributed by atoms with Gasteiger partial charge in [0.1, 0.15) is 11.6 Å². The van der Waals surface area contributed by atoms with Gasteiger partial charge in [-0.15, -0.1) is 0 Å². The number of benzene rings is 1. The molecule has 88 valence electrons. The summed E-state index contributed by atoms with van der Waals surface area (Å²) in [5, 5.41) is 0. The lowest BCUT2D eigenvalue weighted by molar-refractivity contribution is -0.120. The van der Waals surface area contributed by atoms with Gasteiger partial charge in [0, 0.05) is 12.8 Å². The SMILES string of the molecule is CC(C)(C)CC(=O)CCc1ccccc1F. The normalized spacial score (nSPS) is 11.5. The molecule has 0 N–H and O–H groups in total. The van der Waals surface area contributed by atoms with Crippen molar-refractivity contribution in [3.05, 3.63) is 35.6 Å². The molecule has 1 nitrogen and oxygen atoms in total. The largest absolute Gasteiger partial charge is 0.300 e. The van der Waals surface area contributed by atoms with Gasteiger partial charge in [0.25, 0.3) is 0 Å². The minimum absolute atomic E-state index is 0.0202. The number of halogens is 1. The maximum absolute atomic E-state index is 13.3. The predicted molar refractivity (Wildman–Crippen MR) is 63.8 cm³/mol. The van der Waals surface area contributed by atoms with E-state index in [-0.39, 0.29) is 17.0 Å². The quantitative estimate of drug-likeness (QED) is 0.758. The van der Waals surface area contributed by atoms with Gasteiger partial charge in [-0.2, -0.15) is 0 Å². The first-order chi connectivity index (χ1) is 7.38. The summed E-state index contributed by atoms with van der Waals surface area (Å²) >= 11 is 0. The highest BCUT2D eigenvalue weighted by atomic mass is 19.1. The third kappa shape index (κ3) is 4.56. The highest BCUT2D eigenvalue weighted by Gasteiger charge is 2.15. The molecular weight excluding hydrogens is 203 g/mol. The van der Waals surface area contributed by atoms with Crippen molar-refractivity contribution in [3.63, 3.8) is 0 Å². The molecule has 0 radical (unpaired) electrons. The molecule has 0 bridgehead atoms. The second-order valence-corrected chi connectivity index (χ2v) is 5.37. The molecular formula is C14H19FO. The van der Waals surface area contributed by atoms with Crippen molar-refractivity contribution in [3.8, 4) is 0 Å². The number of rotatable bonds is 4. The standard InChI is InChI=1S/C14H19FO/c1-14(2,3)10-12(16)9-8-11-6-4-5-7-13(11)15/h4-7H,8-10H2,1-3H3. The van der Waals surface area contributed by atoms with E-state index in [9.17, 15) is 9.18 Å². The maximum Gasteiger partial charge on any atom is 0.133 e. The van der Waals surface area contributed by atoms with Gasteiger partial charge in [-0.25, -0.2) is 4.39 Å². The number of hydrogen-bond donors (Lipinski definition) is 0. The van der Waals surface area contributed by atoms with Crippen LogP contribution >= 0.6 is 0 Å². The average Bonchev–Trinajstić information content (AvgIpc) is 2.14. The molecule has 16 heavy (non-hydrogen) atoms. The van der Waals surface area contributed by atoms with Crippen LogP contribution < -0.4 is 0 Å². The highest BCUT2D eigenvalue weighted by Crippen LogP contribution is 2.20. The zero-order valence-electron chi connectivity index (χ0n) is 10.2. The molecule has 0 aliphatic carbocycles. The molecule has 0 aliphatic heterocycles. The molecule has 0 saturated heterocycles. The number of hydrogen-bond acceptors (Lipinski definition) is 1. The van der Waals surface area contributed by atoms with Crippen LogP contribution in [0.15, 0.2) is 24.3 Å². The predicted octanol–water partition coefficient (Wildman–Crippen LogP) is 3.76. The second-order valence-electron chi connectivity index (χ2n) is 5.37. The lowest BCUT2D eigenvalue weighted by Crippen LogP contribution is -2.13. The minimum Gasteiger partial charge on any atom is -0.300 e. The summed E-state index contributed by atoms with van der Waals surface area (Å²) in [4.78, 5) is 11.6. The average molecular weight is 222 g/mol. The molecule has 1 aromatic rings. The Balaban J connectivity index is 2.47. The monoisotopic (exact) mass is 222 g/mol. The highest BCUT2D eigenvalue weighted by molar-refractivity contribution is 5.79. The minimum atomic E-state index is -0.217. The van der Waals surface area contributed by atoms with Gasteiger partial charge in [0.2, 0.25) is 0 Å². The number of carbonyl (C=O) groups excluding carboxylic acids is 1. The summed E-state index contributed by atoms with van der Waals surface area (Å²) in [6.45, 7) is 6.11. The first-order valence-electron chi connectivity index (χ1n) is 5.63. The summed E-state index contributed by atoms with van der Waals surface area (Å²) in [6, 6.07) is 6.63. The molecule has 0 amide bonds. The maximum atomic E-state index is 13.3. The third-order valence-corrected chi connectivity index (χ3v) is 2.36. The van der Waals surface area contributed by atoms with Gasteiger partial charge in [-0.1, -0.05) is 39.0 Å². The Bertz CT molecular complexity index is 363. The Morgan fingerprint density at radius 3 is 2.44 bits per heavy atom. The molecule has 0 aromatic heterocycles. The number of ketones is 1. The molecule has 0 fully saturated rings. The van der Waals surface area contributed by atoms with E-state index in [1.54, 1.807) is 18.2 Å². The first-order valence-corrected chi connectivity index (χ1v) is 5.63. The van der Waals surface area contributed by atoms with Crippen molar-refractivity contribution in [1.29, 1.82) is 0 Å². The summed E-state index contributed by atoms with van der Waals surface area (Å²) < 4.78 is 13.3. The Hall–Kier alpha value is -1.18. The van der Waals surface area contributed by atoms with Gasteiger partial charge < -0.3 is 0 Å². The van der Waals surface area contributed by atoms with E-state index < -0.39 is 0 Å². The van der Waals surface area contributed by atoms with E-state index in [4.69, 9.17) is 0 Å². The van der Waals surface area contributed by atoms with Gasteiger partial charge in [0.15, 0.2) is 0 Å². The molecule has 2 heteroatoms. The molecule has 0 spiro atoms. The van der Waals surface area contributed by atoms with Crippen LogP contribution in [0.2, 0.25) is 0 Å². The van der Waals surface area contributed by atoms with Crippen molar-refractivity contribution in [2.45, 2.75) is 40.0 Å². The Kier molecular flexibility index (Phi) is 4.22. The van der Waals surface area contributed by atoms with E-state index in [0.29, 0.717) is 24.8 Å². The van der Waals surface area contributed by atoms with Crippen LogP contribution in [0.3, 0.4) is 0 Å². The van der Waals surface area contributed by atoms with Crippen LogP contribution in [0, 0.1) is 11.2 Å². The lowest BCUT2D eigenvalue weighted by Gasteiger charge is -2.16. The van der Waals surface area contributed by atoms with Crippen molar-refractivity contribution < 1.29 is 9.18 Å². The van der Waals surface area contributed by atoms with Crippen LogP contribution in [0.5, 0.6) is 0 Å². The molecule has 0 atom stereocenters. The van der Waals surface area contributed by atoms with Gasteiger partial charge in [-0.3, -0.25) is 4.79 Å². The molecule has 0 saturated carbocycles. The Labute approximate surface area is 96.7 Å². The fraction of sp³-hybridized carbons (Fsp3) is 0.500. The van der Waals surface area contributed by atoms with E-state index in [1.807, 2.05) is 20.8 Å². The van der Waals surface area contributed by atoms with Gasteiger partial charge >= 0.3 is 0 Å². The van der Waals surface area contributed by atoms with Gasteiger partial charge in [-0.05, 0) is 23.5 Å². The summed E-state index contributed by atoms with van der Waals surface area (Å²) in [6.07, 6.45) is 1.49. The number of Topliss-reactive ketones (excluding diaryl/α,β-unsaturated/α-hetero) is 1. The summed E-state index contributed by atoms with van der Waals surface area (Å²) in [5.74, 6) is -0.0122. The molecule has 1 aromatic carbocycles. The number of aryl methyl sites for hydroxylation is 1. The van der Waals surface area contributed by atoms with E-state index in [0.717, 1.165) is 0 Å². The lowest BCUT2D eigenvalue weighted by atomic mass is 9.88. The zero-order chi connectivity index (χ0) is 12.2. The topological polar surface area (TPSA) is 17.1 Å². The Morgan fingerprint density at radius 1 is 1.25 bits per heavy atom. The molecule has 0 aliphatic rings. The molecule has 0 unspecified atom stereocenters. The fourth-order valence-electron chi connectivity index (χ4n) is 1.66. The Morgan fingerprint density at radius 2 is 1.88 bits per heavy atom. The molecule has 0 heterocycles. The van der Waals surface area contributed by atoms with E-state index in [2.05, 4.69) is 0 Å². The van der Waals surface area contributed by atoms with Crippen LogP contribution in [-0.4, -0.2) is 5.78 Å². The van der Waals surface area contributed by atoms with E-state index >= 15 is 0 Å². The van der Waals surface area contributed by atoms with Crippen molar-refractivity contribution in [2.75, 3.05) is 0 Å². The molecule has 1 rings (SSSR count). The number of carbonyl (C=O) groups is 1. The van der Waals surface area contributed by atoms with Crippen LogP contribution in [0.25, 0.3) is 0 Å². The summed E-state index contributed by atoms with van der Waals surface area (Å²) in [7, 11) is 0. The van der Waals surface area contributed by atoms with Crippen molar-refractivity contribution >= 4 is 5.78 Å². The van der Waals surface area contributed by atoms with Crippen LogP contribution in [0.1, 0.15) is 39.2 Å². The second kappa shape index (κ2) is 5.24. The van der Waals surface area contributed by atoms with Crippen LogP contribution in [-0.2, 0) is 11.2 Å². The fourth-order valence-corrected chi connectivity index (χ4v) is 1.66.